The Bertz CT molecular complexity index is 644. The Morgan fingerprint density at radius 3 is 2.48 bits per heavy atom. The number of benzene rings is 1. The molecule has 1 fully saturated rings. The summed E-state index contributed by atoms with van der Waals surface area (Å²) in [5, 5.41) is 9.62. The molecule has 0 bridgehead atoms. The number of guanidine groups is 1. The molecule has 0 saturated carbocycles. The summed E-state index contributed by atoms with van der Waals surface area (Å²) in [6.07, 6.45) is 2.56. The van der Waals surface area contributed by atoms with Crippen molar-refractivity contribution < 1.29 is 4.79 Å². The Kier molecular flexibility index (Phi) is 7.51. The molecule has 150 valence electrons. The van der Waals surface area contributed by atoms with Crippen LogP contribution < -0.4 is 20.9 Å². The number of carbonyl (C=O) groups is 1. The number of nitrogens with one attached hydrogen (secondary N) is 3. The van der Waals surface area contributed by atoms with E-state index in [1.807, 2.05) is 20.8 Å². The van der Waals surface area contributed by atoms with E-state index in [2.05, 4.69) is 57.0 Å². The van der Waals surface area contributed by atoms with Gasteiger partial charge in [0.05, 0.1) is 6.04 Å². The molecule has 1 amide bonds. The highest BCUT2D eigenvalue weighted by Crippen LogP contribution is 2.23. The average molecular weight is 374 g/mol. The van der Waals surface area contributed by atoms with E-state index in [4.69, 9.17) is 0 Å². The summed E-state index contributed by atoms with van der Waals surface area (Å²) in [5.74, 6) is 0.790. The van der Waals surface area contributed by atoms with Crippen molar-refractivity contribution in [3.63, 3.8) is 0 Å². The fourth-order valence-corrected chi connectivity index (χ4v) is 3.07. The third kappa shape index (κ3) is 6.45. The van der Waals surface area contributed by atoms with E-state index in [0.29, 0.717) is 13.1 Å². The standard InChI is InChI=1S/C21H35N5O/c1-16(17-9-8-10-18(15-17)26-13-6-7-14-26)25-20(22-5)24-12-11-23-19(27)21(2,3)4/h8-10,15-16H,6-7,11-14H2,1-5H3,(H,23,27)(H2,22,24,25). The van der Waals surface area contributed by atoms with E-state index in [0.717, 1.165) is 19.0 Å². The molecule has 1 aliphatic rings. The summed E-state index contributed by atoms with van der Waals surface area (Å²) < 4.78 is 0. The van der Waals surface area contributed by atoms with Crippen LogP contribution in [0.25, 0.3) is 0 Å². The highest BCUT2D eigenvalue weighted by Gasteiger charge is 2.20. The normalized spacial score (nSPS) is 16.2. The maximum atomic E-state index is 11.9. The van der Waals surface area contributed by atoms with Crippen molar-refractivity contribution in [2.45, 2.75) is 46.6 Å². The fourth-order valence-electron chi connectivity index (χ4n) is 3.07. The minimum Gasteiger partial charge on any atom is -0.372 e. The van der Waals surface area contributed by atoms with Gasteiger partial charge >= 0.3 is 0 Å². The summed E-state index contributed by atoms with van der Waals surface area (Å²) in [7, 11) is 1.76. The third-order valence-electron chi connectivity index (χ3n) is 4.80. The maximum Gasteiger partial charge on any atom is 0.225 e. The lowest BCUT2D eigenvalue weighted by Crippen LogP contribution is -2.44. The number of amides is 1. The number of carbonyl (C=O) groups excluding carboxylic acids is 1. The molecule has 0 aliphatic carbocycles. The first-order valence-corrected chi connectivity index (χ1v) is 9.91. The SMILES string of the molecule is CN=C(NCCNC(=O)C(C)(C)C)NC(C)c1cccc(N2CCCC2)c1. The zero-order valence-electron chi connectivity index (χ0n) is 17.4. The Labute approximate surface area is 163 Å². The number of nitrogens with zero attached hydrogens (tertiary/aromatic N) is 2. The molecule has 1 atom stereocenters. The van der Waals surface area contributed by atoms with Gasteiger partial charge in [0.2, 0.25) is 5.91 Å². The second kappa shape index (κ2) is 9.62. The summed E-state index contributed by atoms with van der Waals surface area (Å²) >= 11 is 0. The van der Waals surface area contributed by atoms with E-state index in [1.54, 1.807) is 7.05 Å². The van der Waals surface area contributed by atoms with Crippen LogP contribution in [0.3, 0.4) is 0 Å². The molecule has 6 nitrogen and oxygen atoms in total. The number of rotatable bonds is 6. The molecule has 27 heavy (non-hydrogen) atoms. The van der Waals surface area contributed by atoms with E-state index < -0.39 is 0 Å². The lowest BCUT2D eigenvalue weighted by molar-refractivity contribution is -0.128. The fraction of sp³-hybridized carbons (Fsp3) is 0.619. The van der Waals surface area contributed by atoms with Crippen molar-refractivity contribution in [2.24, 2.45) is 10.4 Å². The number of hydrogen-bond donors (Lipinski definition) is 3. The average Bonchev–Trinajstić information content (AvgIpc) is 3.18. The molecular weight excluding hydrogens is 338 g/mol. The number of aliphatic imine (C=N–C) groups is 1. The van der Waals surface area contributed by atoms with Crippen LogP contribution in [0, 0.1) is 5.41 Å². The van der Waals surface area contributed by atoms with Crippen LogP contribution in [-0.4, -0.2) is 45.1 Å². The molecule has 1 unspecified atom stereocenters. The summed E-state index contributed by atoms with van der Waals surface area (Å²) in [4.78, 5) is 18.6. The molecule has 1 saturated heterocycles. The quantitative estimate of drug-likeness (QED) is 0.407. The Morgan fingerprint density at radius 1 is 1.19 bits per heavy atom. The van der Waals surface area contributed by atoms with Gasteiger partial charge in [0.1, 0.15) is 0 Å². The van der Waals surface area contributed by atoms with Gasteiger partial charge in [0.15, 0.2) is 5.96 Å². The topological polar surface area (TPSA) is 68.8 Å². The Balaban J connectivity index is 1.83. The predicted octanol–water partition coefficient (Wildman–Crippen LogP) is 2.68. The molecule has 1 aliphatic heterocycles. The van der Waals surface area contributed by atoms with Gasteiger partial charge in [-0.25, -0.2) is 0 Å². The van der Waals surface area contributed by atoms with Crippen molar-refractivity contribution in [2.75, 3.05) is 38.1 Å². The largest absolute Gasteiger partial charge is 0.372 e. The molecule has 6 heteroatoms. The zero-order chi connectivity index (χ0) is 19.9. The van der Waals surface area contributed by atoms with Crippen LogP contribution in [0.1, 0.15) is 52.1 Å². The summed E-state index contributed by atoms with van der Waals surface area (Å²) in [6, 6.07) is 8.86. The smallest absolute Gasteiger partial charge is 0.225 e. The first-order valence-electron chi connectivity index (χ1n) is 9.91. The van der Waals surface area contributed by atoms with Gasteiger partial charge in [-0.3, -0.25) is 9.79 Å². The molecule has 1 aromatic carbocycles. The van der Waals surface area contributed by atoms with Gasteiger partial charge < -0.3 is 20.9 Å². The van der Waals surface area contributed by atoms with Crippen LogP contribution in [0.4, 0.5) is 5.69 Å². The molecule has 0 radical (unpaired) electrons. The summed E-state index contributed by atoms with van der Waals surface area (Å²) in [5.41, 5.74) is 2.17. The van der Waals surface area contributed by atoms with Crippen LogP contribution in [0.2, 0.25) is 0 Å². The first kappa shape index (κ1) is 21.1. The minimum atomic E-state index is -0.366. The monoisotopic (exact) mass is 373 g/mol. The van der Waals surface area contributed by atoms with Crippen molar-refractivity contribution in [1.82, 2.24) is 16.0 Å². The molecule has 1 aromatic rings. The van der Waals surface area contributed by atoms with Gasteiger partial charge in [-0.15, -0.1) is 0 Å². The zero-order valence-corrected chi connectivity index (χ0v) is 17.4. The minimum absolute atomic E-state index is 0.0549. The molecule has 2 rings (SSSR count). The lowest BCUT2D eigenvalue weighted by Gasteiger charge is -2.22. The summed E-state index contributed by atoms with van der Waals surface area (Å²) in [6.45, 7) is 11.4. The number of hydrogen-bond acceptors (Lipinski definition) is 3. The van der Waals surface area contributed by atoms with Gasteiger partial charge in [0.25, 0.3) is 0 Å². The highest BCUT2D eigenvalue weighted by molar-refractivity contribution is 5.82. The van der Waals surface area contributed by atoms with Crippen LogP contribution in [-0.2, 0) is 4.79 Å². The van der Waals surface area contributed by atoms with E-state index in [9.17, 15) is 4.79 Å². The van der Waals surface area contributed by atoms with Gasteiger partial charge in [-0.2, -0.15) is 0 Å². The van der Waals surface area contributed by atoms with Crippen molar-refractivity contribution in [3.8, 4) is 0 Å². The van der Waals surface area contributed by atoms with Crippen LogP contribution >= 0.6 is 0 Å². The van der Waals surface area contributed by atoms with E-state index in [1.165, 1.54) is 24.1 Å². The van der Waals surface area contributed by atoms with Gasteiger partial charge in [-0.1, -0.05) is 32.9 Å². The van der Waals surface area contributed by atoms with Crippen LogP contribution in [0.15, 0.2) is 29.3 Å². The molecule has 1 heterocycles. The Hall–Kier alpha value is -2.24. The third-order valence-corrected chi connectivity index (χ3v) is 4.80. The second-order valence-electron chi connectivity index (χ2n) is 8.16. The van der Waals surface area contributed by atoms with Crippen LogP contribution in [0.5, 0.6) is 0 Å². The molecule has 0 spiro atoms. The number of anilines is 1. The van der Waals surface area contributed by atoms with E-state index in [-0.39, 0.29) is 17.4 Å². The molecular formula is C21H35N5O. The Morgan fingerprint density at radius 2 is 1.85 bits per heavy atom. The first-order chi connectivity index (χ1) is 12.8. The molecule has 0 aromatic heterocycles. The van der Waals surface area contributed by atoms with Gasteiger partial charge in [0, 0.05) is 44.3 Å². The van der Waals surface area contributed by atoms with Crippen molar-refractivity contribution in [3.05, 3.63) is 29.8 Å². The van der Waals surface area contributed by atoms with Gasteiger partial charge in [-0.05, 0) is 37.5 Å². The predicted molar refractivity (Wildman–Crippen MR) is 113 cm³/mol. The van der Waals surface area contributed by atoms with E-state index >= 15 is 0 Å². The lowest BCUT2D eigenvalue weighted by atomic mass is 9.96. The highest BCUT2D eigenvalue weighted by atomic mass is 16.2. The molecule has 3 N–H and O–H groups in total. The van der Waals surface area contributed by atoms with Crippen molar-refractivity contribution in [1.29, 1.82) is 0 Å². The maximum absolute atomic E-state index is 11.9. The van der Waals surface area contributed by atoms with Crippen molar-refractivity contribution >= 4 is 17.6 Å². The second-order valence-corrected chi connectivity index (χ2v) is 8.16.